The molecule has 4 nitrogen and oxygen atoms in total. The van der Waals surface area contributed by atoms with Crippen molar-refractivity contribution in [2.75, 3.05) is 0 Å². The lowest BCUT2D eigenvalue weighted by Crippen LogP contribution is -2.09. The van der Waals surface area contributed by atoms with Crippen LogP contribution in [0.2, 0.25) is 0 Å². The fraction of sp³-hybridized carbons (Fsp3) is 0. The number of aromatic hydroxyl groups is 1. The fourth-order valence-electron chi connectivity index (χ4n) is 2.58. The van der Waals surface area contributed by atoms with Gasteiger partial charge in [-0.15, -0.1) is 11.3 Å². The average molecular weight is 295 g/mol. The summed E-state index contributed by atoms with van der Waals surface area (Å²) in [4.78, 5) is 27.3. The molecule has 0 aliphatic rings. The van der Waals surface area contributed by atoms with Gasteiger partial charge in [0.2, 0.25) is 0 Å². The van der Waals surface area contributed by atoms with Gasteiger partial charge in [0, 0.05) is 6.07 Å². The minimum Gasteiger partial charge on any atom is -0.507 e. The first kappa shape index (κ1) is 12.1. The van der Waals surface area contributed by atoms with Gasteiger partial charge < -0.3 is 10.1 Å². The van der Waals surface area contributed by atoms with Crippen LogP contribution >= 0.6 is 11.3 Å². The molecule has 0 amide bonds. The number of H-pyrrole nitrogens is 1. The Morgan fingerprint density at radius 1 is 0.905 bits per heavy atom. The number of phenols is 1. The molecule has 3 aromatic carbocycles. The normalized spacial score (nSPS) is 11.4. The number of nitrogens with one attached hydrogen (secondary N) is 1. The van der Waals surface area contributed by atoms with E-state index in [-0.39, 0.29) is 27.4 Å². The second-order valence-electron chi connectivity index (χ2n) is 4.80. The Hall–Kier alpha value is -2.66. The molecule has 5 heteroatoms. The number of benzene rings is 3. The first-order valence-electron chi connectivity index (χ1n) is 6.36. The zero-order valence-corrected chi connectivity index (χ0v) is 11.5. The smallest absolute Gasteiger partial charge is 0.190 e. The monoisotopic (exact) mass is 295 g/mol. The zero-order chi connectivity index (χ0) is 14.6. The van der Waals surface area contributed by atoms with E-state index < -0.39 is 0 Å². The van der Waals surface area contributed by atoms with Crippen LogP contribution in [0.15, 0.2) is 52.1 Å². The molecule has 0 atom stereocenters. The summed E-state index contributed by atoms with van der Waals surface area (Å²) in [6.45, 7) is 0. The number of hydrogen-bond donors (Lipinski definition) is 2. The minimum absolute atomic E-state index is 0.0775. The summed E-state index contributed by atoms with van der Waals surface area (Å²) >= 11 is 1.46. The molecule has 0 bridgehead atoms. The van der Waals surface area contributed by atoms with Crippen LogP contribution in [0.5, 0.6) is 5.75 Å². The standard InChI is InChI=1S/C16H9NO3S/c18-9-5-6-10(19)15-14(9)11(20)7-13-16(15)17-8-3-1-2-4-12(8)21-13/h1-7,17,20H. The zero-order valence-electron chi connectivity index (χ0n) is 10.7. The third-order valence-electron chi connectivity index (χ3n) is 3.52. The third-order valence-corrected chi connectivity index (χ3v) is 4.63. The Kier molecular flexibility index (Phi) is 2.40. The largest absolute Gasteiger partial charge is 0.507 e. The number of aromatic amines is 1. The number of hydrogen-bond acceptors (Lipinski definition) is 4. The highest BCUT2D eigenvalue weighted by atomic mass is 32.1. The summed E-state index contributed by atoms with van der Waals surface area (Å²) in [5, 5.41) is 10.4. The lowest BCUT2D eigenvalue weighted by Gasteiger charge is -2.07. The number of rotatable bonds is 0. The maximum absolute atomic E-state index is 12.2. The highest BCUT2D eigenvalue weighted by Crippen LogP contribution is 2.33. The molecular formula is C16H9NO3S. The molecule has 0 spiro atoms. The molecule has 1 aromatic heterocycles. The van der Waals surface area contributed by atoms with Crippen LogP contribution in [-0.2, 0) is 0 Å². The number of aromatic nitrogens is 1. The Balaban J connectivity index is 2.39. The molecule has 1 heterocycles. The molecule has 0 saturated heterocycles. The van der Waals surface area contributed by atoms with E-state index >= 15 is 0 Å². The van der Waals surface area contributed by atoms with E-state index in [2.05, 4.69) is 4.98 Å². The molecule has 0 aliphatic heterocycles. The Bertz CT molecular complexity index is 1140. The quantitative estimate of drug-likeness (QED) is 0.387. The second kappa shape index (κ2) is 4.17. The summed E-state index contributed by atoms with van der Waals surface area (Å²) in [6, 6.07) is 11.7. The Morgan fingerprint density at radius 3 is 2.43 bits per heavy atom. The van der Waals surface area contributed by atoms with Crippen molar-refractivity contribution in [3.63, 3.8) is 0 Å². The molecule has 21 heavy (non-hydrogen) atoms. The van der Waals surface area contributed by atoms with E-state index in [1.165, 1.54) is 29.5 Å². The first-order chi connectivity index (χ1) is 10.1. The molecule has 0 fully saturated rings. The van der Waals surface area contributed by atoms with E-state index in [0.717, 1.165) is 14.9 Å². The molecule has 0 saturated carbocycles. The van der Waals surface area contributed by atoms with Crippen molar-refractivity contribution >= 4 is 42.5 Å². The van der Waals surface area contributed by atoms with Crippen LogP contribution in [0.3, 0.4) is 0 Å². The van der Waals surface area contributed by atoms with Crippen molar-refractivity contribution in [3.05, 3.63) is 62.9 Å². The van der Waals surface area contributed by atoms with Crippen molar-refractivity contribution in [1.29, 1.82) is 0 Å². The van der Waals surface area contributed by atoms with E-state index in [0.29, 0.717) is 5.52 Å². The van der Waals surface area contributed by atoms with Crippen LogP contribution in [0.1, 0.15) is 0 Å². The Labute approximate surface area is 121 Å². The van der Waals surface area contributed by atoms with Gasteiger partial charge in [0.05, 0.1) is 31.2 Å². The van der Waals surface area contributed by atoms with Crippen LogP contribution in [0, 0.1) is 0 Å². The van der Waals surface area contributed by atoms with Crippen LogP contribution in [0.4, 0.5) is 0 Å². The number of para-hydroxylation sites is 1. The van der Waals surface area contributed by atoms with E-state index in [1.54, 1.807) is 0 Å². The average Bonchev–Trinajstić information content (AvgIpc) is 2.48. The molecular weight excluding hydrogens is 286 g/mol. The van der Waals surface area contributed by atoms with E-state index in [4.69, 9.17) is 0 Å². The van der Waals surface area contributed by atoms with E-state index in [9.17, 15) is 14.7 Å². The summed E-state index contributed by atoms with van der Waals surface area (Å²) in [6.07, 6.45) is 0. The number of phenolic OH excluding ortho intramolecular Hbond substituents is 1. The van der Waals surface area contributed by atoms with E-state index in [1.807, 2.05) is 24.3 Å². The molecule has 102 valence electrons. The van der Waals surface area contributed by atoms with Gasteiger partial charge in [-0.2, -0.15) is 0 Å². The van der Waals surface area contributed by atoms with Crippen molar-refractivity contribution in [1.82, 2.24) is 4.98 Å². The van der Waals surface area contributed by atoms with Crippen molar-refractivity contribution in [3.8, 4) is 5.75 Å². The van der Waals surface area contributed by atoms with Gasteiger partial charge in [-0.25, -0.2) is 0 Å². The van der Waals surface area contributed by atoms with Crippen LogP contribution in [0.25, 0.3) is 31.2 Å². The van der Waals surface area contributed by atoms with Crippen molar-refractivity contribution in [2.45, 2.75) is 0 Å². The predicted molar refractivity (Wildman–Crippen MR) is 85.4 cm³/mol. The first-order valence-corrected chi connectivity index (χ1v) is 7.17. The van der Waals surface area contributed by atoms with Crippen LogP contribution < -0.4 is 10.9 Å². The SMILES string of the molecule is O=c1ccc(=O)c2c1c(O)cc1sc3ccccc3[nH]c12. The summed E-state index contributed by atoms with van der Waals surface area (Å²) in [5.74, 6) is -0.153. The maximum atomic E-state index is 12.2. The van der Waals surface area contributed by atoms with Crippen molar-refractivity contribution in [2.24, 2.45) is 0 Å². The summed E-state index contributed by atoms with van der Waals surface area (Å²) < 4.78 is 1.75. The van der Waals surface area contributed by atoms with Crippen molar-refractivity contribution < 1.29 is 5.11 Å². The molecule has 2 N–H and O–H groups in total. The Morgan fingerprint density at radius 2 is 1.62 bits per heavy atom. The lowest BCUT2D eigenvalue weighted by atomic mass is 10.1. The van der Waals surface area contributed by atoms with Gasteiger partial charge >= 0.3 is 0 Å². The summed E-state index contributed by atoms with van der Waals surface area (Å²) in [7, 11) is 0. The van der Waals surface area contributed by atoms with Gasteiger partial charge in [0.15, 0.2) is 10.9 Å². The fourth-order valence-corrected chi connectivity index (χ4v) is 3.61. The topological polar surface area (TPSA) is 70.2 Å². The summed E-state index contributed by atoms with van der Waals surface area (Å²) in [5.41, 5.74) is 0.853. The number of fused-ring (bicyclic) bond motifs is 4. The second-order valence-corrected chi connectivity index (χ2v) is 5.89. The van der Waals surface area contributed by atoms with Gasteiger partial charge in [0.1, 0.15) is 5.75 Å². The van der Waals surface area contributed by atoms with Gasteiger partial charge in [0.25, 0.3) is 0 Å². The third kappa shape index (κ3) is 1.68. The van der Waals surface area contributed by atoms with Gasteiger partial charge in [-0.3, -0.25) is 9.59 Å². The molecule has 0 aliphatic carbocycles. The van der Waals surface area contributed by atoms with Gasteiger partial charge in [-0.1, -0.05) is 12.1 Å². The molecule has 0 unspecified atom stereocenters. The lowest BCUT2D eigenvalue weighted by molar-refractivity contribution is 0.482. The molecule has 4 aromatic rings. The maximum Gasteiger partial charge on any atom is 0.190 e. The van der Waals surface area contributed by atoms with Gasteiger partial charge in [-0.05, 0) is 24.3 Å². The molecule has 4 rings (SSSR count). The van der Waals surface area contributed by atoms with Crippen LogP contribution in [-0.4, -0.2) is 10.1 Å². The highest BCUT2D eigenvalue weighted by Gasteiger charge is 2.13. The predicted octanol–water partition coefficient (Wildman–Crippen LogP) is 2.96. The highest BCUT2D eigenvalue weighted by molar-refractivity contribution is 7.24. The molecule has 0 radical (unpaired) electrons. The minimum atomic E-state index is -0.351.